The van der Waals surface area contributed by atoms with Gasteiger partial charge in [0.15, 0.2) is 0 Å². The number of amides is 2. The highest BCUT2D eigenvalue weighted by atomic mass is 19.1. The minimum atomic E-state index is -0.498. The molecular formula is C32H45FN4O5. The molecule has 4 rings (SSSR count). The number of carbonyl (C=O) groups is 2. The van der Waals surface area contributed by atoms with Gasteiger partial charge < -0.3 is 24.0 Å². The fourth-order valence-corrected chi connectivity index (χ4v) is 5.48. The molecule has 0 bridgehead atoms. The fraction of sp³-hybridized carbons (Fsp3) is 0.594. The molecule has 1 saturated carbocycles. The summed E-state index contributed by atoms with van der Waals surface area (Å²) >= 11 is 0. The molecule has 1 aromatic heterocycles. The molecule has 2 amide bonds. The number of aryl methyl sites for hydroxylation is 1. The molecule has 42 heavy (non-hydrogen) atoms. The zero-order valence-corrected chi connectivity index (χ0v) is 25.6. The van der Waals surface area contributed by atoms with Gasteiger partial charge in [0.05, 0.1) is 12.8 Å². The Hall–Kier alpha value is -3.24. The van der Waals surface area contributed by atoms with Crippen LogP contribution < -0.4 is 9.64 Å². The van der Waals surface area contributed by atoms with E-state index in [0.717, 1.165) is 62.8 Å². The van der Waals surface area contributed by atoms with Crippen molar-refractivity contribution in [2.45, 2.75) is 71.6 Å². The van der Waals surface area contributed by atoms with Crippen molar-refractivity contribution in [1.82, 2.24) is 14.8 Å². The zero-order valence-electron chi connectivity index (χ0n) is 25.6. The number of ether oxygens (including phenoxy) is 3. The van der Waals surface area contributed by atoms with Crippen molar-refractivity contribution in [2.24, 2.45) is 5.92 Å². The highest BCUT2D eigenvalue weighted by Gasteiger charge is 2.31. The predicted octanol–water partition coefficient (Wildman–Crippen LogP) is 5.20. The number of halogens is 1. The van der Waals surface area contributed by atoms with E-state index in [4.69, 9.17) is 14.2 Å². The Kier molecular flexibility index (Phi) is 10.8. The molecule has 0 unspecified atom stereocenters. The van der Waals surface area contributed by atoms with Crippen LogP contribution in [0.1, 0.15) is 57.6 Å². The molecular weight excluding hydrogens is 539 g/mol. The van der Waals surface area contributed by atoms with Crippen molar-refractivity contribution in [3.05, 3.63) is 53.5 Å². The first-order valence-corrected chi connectivity index (χ1v) is 14.9. The number of hydrogen-bond donors (Lipinski definition) is 0. The lowest BCUT2D eigenvalue weighted by Crippen LogP contribution is -2.49. The maximum atomic E-state index is 13.7. The molecule has 1 saturated heterocycles. The average Bonchev–Trinajstić information content (AvgIpc) is 2.95. The van der Waals surface area contributed by atoms with Gasteiger partial charge in [-0.25, -0.2) is 14.2 Å². The first-order valence-electron chi connectivity index (χ1n) is 14.9. The molecule has 1 aliphatic carbocycles. The van der Waals surface area contributed by atoms with Crippen LogP contribution in [0.25, 0.3) is 0 Å². The number of methoxy groups -OCH3 is 1. The number of nitrogens with zero attached hydrogens (tertiary/aromatic N) is 4. The van der Waals surface area contributed by atoms with E-state index in [0.29, 0.717) is 32.1 Å². The van der Waals surface area contributed by atoms with E-state index in [1.807, 2.05) is 31.7 Å². The van der Waals surface area contributed by atoms with E-state index in [9.17, 15) is 14.0 Å². The highest BCUT2D eigenvalue weighted by Crippen LogP contribution is 2.31. The Bertz CT molecular complexity index is 1190. The van der Waals surface area contributed by atoms with Gasteiger partial charge in [-0.15, -0.1) is 0 Å². The third kappa shape index (κ3) is 8.88. The number of benzene rings is 1. The largest absolute Gasteiger partial charge is 0.474 e. The topological polar surface area (TPSA) is 84.4 Å². The van der Waals surface area contributed by atoms with Crippen LogP contribution in [-0.4, -0.2) is 84.9 Å². The lowest BCUT2D eigenvalue weighted by atomic mass is 9.86. The molecule has 2 aliphatic rings. The SMILES string of the molecule is COCCN(C(=O)C1CCC(Oc2ccc(F)cn2)CC1)c1ccc(CN2CCN(C(=O)OC(C)(C)C)CC2)c(C)c1. The van der Waals surface area contributed by atoms with Crippen LogP contribution in [0, 0.1) is 18.7 Å². The number of rotatable bonds is 9. The Morgan fingerprint density at radius 2 is 1.76 bits per heavy atom. The third-order valence-electron chi connectivity index (χ3n) is 7.85. The predicted molar refractivity (Wildman–Crippen MR) is 159 cm³/mol. The lowest BCUT2D eigenvalue weighted by molar-refractivity contribution is -0.124. The molecule has 2 fully saturated rings. The van der Waals surface area contributed by atoms with E-state index >= 15 is 0 Å². The Morgan fingerprint density at radius 1 is 1.05 bits per heavy atom. The van der Waals surface area contributed by atoms with Gasteiger partial charge >= 0.3 is 6.09 Å². The monoisotopic (exact) mass is 584 g/mol. The second kappa shape index (κ2) is 14.3. The van der Waals surface area contributed by atoms with Gasteiger partial charge in [0.1, 0.15) is 17.5 Å². The van der Waals surface area contributed by atoms with Crippen LogP contribution in [0.5, 0.6) is 5.88 Å². The molecule has 9 nitrogen and oxygen atoms in total. The summed E-state index contributed by atoms with van der Waals surface area (Å²) in [5.41, 5.74) is 2.71. The molecule has 10 heteroatoms. The molecule has 2 heterocycles. The first kappa shape index (κ1) is 31.7. The summed E-state index contributed by atoms with van der Waals surface area (Å²) in [5.74, 6) is 0.0301. The second-order valence-electron chi connectivity index (χ2n) is 12.2. The number of carbonyl (C=O) groups excluding carboxylic acids is 2. The summed E-state index contributed by atoms with van der Waals surface area (Å²) in [6, 6.07) is 9.11. The summed E-state index contributed by atoms with van der Waals surface area (Å²) in [4.78, 5) is 36.1. The summed E-state index contributed by atoms with van der Waals surface area (Å²) in [7, 11) is 1.64. The van der Waals surface area contributed by atoms with Crippen LogP contribution in [-0.2, 0) is 20.8 Å². The van der Waals surface area contributed by atoms with Crippen LogP contribution in [0.2, 0.25) is 0 Å². The van der Waals surface area contributed by atoms with Gasteiger partial charge in [-0.1, -0.05) is 6.07 Å². The van der Waals surface area contributed by atoms with Gasteiger partial charge in [-0.3, -0.25) is 9.69 Å². The first-order chi connectivity index (χ1) is 20.0. The normalized spacial score (nSPS) is 19.8. The number of hydrogen-bond acceptors (Lipinski definition) is 7. The number of pyridine rings is 1. The Morgan fingerprint density at radius 3 is 2.36 bits per heavy atom. The van der Waals surface area contributed by atoms with Crippen LogP contribution in [0.3, 0.4) is 0 Å². The van der Waals surface area contributed by atoms with E-state index in [1.165, 1.54) is 17.7 Å². The summed E-state index contributed by atoms with van der Waals surface area (Å²) in [6.45, 7) is 12.3. The van der Waals surface area contributed by atoms with E-state index in [1.54, 1.807) is 12.0 Å². The molecule has 0 N–H and O–H groups in total. The van der Waals surface area contributed by atoms with Crippen molar-refractivity contribution in [3.63, 3.8) is 0 Å². The minimum absolute atomic E-state index is 0.0352. The molecule has 0 atom stereocenters. The van der Waals surface area contributed by atoms with Gasteiger partial charge in [-0.05, 0) is 82.7 Å². The quantitative estimate of drug-likeness (QED) is 0.401. The number of anilines is 1. The smallest absolute Gasteiger partial charge is 0.410 e. The highest BCUT2D eigenvalue weighted by molar-refractivity contribution is 5.95. The minimum Gasteiger partial charge on any atom is -0.474 e. The van der Waals surface area contributed by atoms with Crippen molar-refractivity contribution < 1.29 is 28.2 Å². The fourth-order valence-electron chi connectivity index (χ4n) is 5.48. The summed E-state index contributed by atoms with van der Waals surface area (Å²) in [5, 5.41) is 0. The number of piperazine rings is 1. The standard InChI is InChI=1S/C32H45FN4O5/c1-23-20-27(10-6-25(23)22-35-14-16-36(17-15-35)31(39)42-32(2,3)4)37(18-19-40-5)30(38)24-7-11-28(12-8-24)41-29-13-9-26(33)21-34-29/h6,9-10,13,20-21,24,28H,7-8,11-12,14-19,22H2,1-5H3. The van der Waals surface area contributed by atoms with Gasteiger partial charge in [-0.2, -0.15) is 0 Å². The average molecular weight is 585 g/mol. The zero-order chi connectivity index (χ0) is 30.3. The van der Waals surface area contributed by atoms with Gasteiger partial charge in [0, 0.05) is 64.0 Å². The maximum Gasteiger partial charge on any atom is 0.410 e. The molecule has 1 aliphatic heterocycles. The van der Waals surface area contributed by atoms with E-state index in [2.05, 4.69) is 28.9 Å². The van der Waals surface area contributed by atoms with Crippen LogP contribution in [0.4, 0.5) is 14.9 Å². The molecule has 1 aromatic carbocycles. The van der Waals surface area contributed by atoms with Crippen molar-refractivity contribution in [1.29, 1.82) is 0 Å². The van der Waals surface area contributed by atoms with E-state index in [-0.39, 0.29) is 24.0 Å². The van der Waals surface area contributed by atoms with Crippen molar-refractivity contribution in [2.75, 3.05) is 51.3 Å². The Labute approximate surface area is 248 Å². The van der Waals surface area contributed by atoms with Crippen molar-refractivity contribution >= 4 is 17.7 Å². The van der Waals surface area contributed by atoms with Crippen LogP contribution >= 0.6 is 0 Å². The molecule has 0 spiro atoms. The van der Waals surface area contributed by atoms with E-state index < -0.39 is 11.4 Å². The third-order valence-corrected chi connectivity index (χ3v) is 7.85. The summed E-state index contributed by atoms with van der Waals surface area (Å²) in [6.07, 6.45) is 3.79. The number of aromatic nitrogens is 1. The molecule has 230 valence electrons. The van der Waals surface area contributed by atoms with Crippen LogP contribution in [0.15, 0.2) is 36.5 Å². The lowest BCUT2D eigenvalue weighted by Gasteiger charge is -2.36. The molecule has 2 aromatic rings. The Balaban J connectivity index is 1.33. The summed E-state index contributed by atoms with van der Waals surface area (Å²) < 4.78 is 29.9. The second-order valence-corrected chi connectivity index (χ2v) is 12.2. The van der Waals surface area contributed by atoms with Gasteiger partial charge in [0.2, 0.25) is 11.8 Å². The van der Waals surface area contributed by atoms with Gasteiger partial charge in [0.25, 0.3) is 0 Å². The maximum absolute atomic E-state index is 13.7. The van der Waals surface area contributed by atoms with Crippen molar-refractivity contribution in [3.8, 4) is 5.88 Å². The molecule has 0 radical (unpaired) electrons.